The fraction of sp³-hybridized carbons (Fsp3) is 0.667. The average Bonchev–Trinajstić information content (AvgIpc) is 1.58. The van der Waals surface area contributed by atoms with Gasteiger partial charge in [0.1, 0.15) is 0 Å². The lowest BCUT2D eigenvalue weighted by molar-refractivity contribution is 0.605. The highest BCUT2D eigenvalue weighted by atomic mass is 14.9. The van der Waals surface area contributed by atoms with Crippen LogP contribution in [0.1, 0.15) is 13.3 Å². The zero-order chi connectivity index (χ0) is 5.28. The molecule has 1 unspecified atom stereocenters. The Morgan fingerprint density at radius 2 is 2.43 bits per heavy atom. The summed E-state index contributed by atoms with van der Waals surface area (Å²) in [7, 11) is 1.99. The van der Waals surface area contributed by atoms with E-state index in [0.29, 0.717) is 6.04 Å². The van der Waals surface area contributed by atoms with Crippen molar-refractivity contribution in [1.82, 2.24) is 5.32 Å². The Balaban J connectivity index is 2.31. The maximum Gasteiger partial charge on any atom is 0.0286 e. The zero-order valence-corrected chi connectivity index (χ0v) is 4.86. The van der Waals surface area contributed by atoms with E-state index in [9.17, 15) is 0 Å². The van der Waals surface area contributed by atoms with E-state index >= 15 is 0 Å². The van der Waals surface area contributed by atoms with Crippen LogP contribution < -0.4 is 5.32 Å². The average molecular weight is 97.2 g/mol. The lowest BCUT2D eigenvalue weighted by Crippen LogP contribution is -2.28. The molecule has 1 N–H and O–H groups in total. The van der Waals surface area contributed by atoms with Crippen molar-refractivity contribution in [3.8, 4) is 0 Å². The van der Waals surface area contributed by atoms with Gasteiger partial charge in [0.2, 0.25) is 0 Å². The molecule has 1 aliphatic carbocycles. The highest BCUT2D eigenvalue weighted by Gasteiger charge is 2.11. The first-order valence-corrected chi connectivity index (χ1v) is 2.67. The Labute approximate surface area is 44.4 Å². The molecule has 1 heteroatoms. The van der Waals surface area contributed by atoms with Crippen LogP contribution >= 0.6 is 0 Å². The van der Waals surface area contributed by atoms with Crippen LogP contribution in [0.4, 0.5) is 0 Å². The summed E-state index contributed by atoms with van der Waals surface area (Å²) in [5, 5.41) is 3.16. The van der Waals surface area contributed by atoms with E-state index in [2.05, 4.69) is 18.3 Å². The fourth-order valence-corrected chi connectivity index (χ4v) is 0.842. The molecule has 1 atom stereocenters. The molecule has 0 fully saturated rings. The van der Waals surface area contributed by atoms with Gasteiger partial charge in [0, 0.05) is 6.04 Å². The van der Waals surface area contributed by atoms with E-state index in [0.717, 1.165) is 0 Å². The lowest BCUT2D eigenvalue weighted by Gasteiger charge is -2.21. The molecule has 0 aromatic rings. The minimum atomic E-state index is 0.681. The third kappa shape index (κ3) is 0.829. The maximum atomic E-state index is 3.16. The highest BCUT2D eigenvalue weighted by molar-refractivity contribution is 5.17. The molecule has 0 amide bonds. The number of hydrogen-bond acceptors (Lipinski definition) is 1. The Hall–Kier alpha value is -0.300. The first-order valence-electron chi connectivity index (χ1n) is 2.67. The molecule has 0 saturated heterocycles. The predicted molar refractivity (Wildman–Crippen MR) is 31.2 cm³/mol. The van der Waals surface area contributed by atoms with Crippen molar-refractivity contribution in [2.24, 2.45) is 0 Å². The molecule has 1 rings (SSSR count). The standard InChI is InChI=1S/C6H11N/c1-5-3-6(4-5)7-2/h3,6-7H,4H2,1-2H3. The second-order valence-electron chi connectivity index (χ2n) is 2.11. The maximum absolute atomic E-state index is 3.16. The largest absolute Gasteiger partial charge is 0.313 e. The zero-order valence-electron chi connectivity index (χ0n) is 4.86. The van der Waals surface area contributed by atoms with Crippen LogP contribution in [0.15, 0.2) is 11.6 Å². The van der Waals surface area contributed by atoms with Gasteiger partial charge in [-0.2, -0.15) is 0 Å². The van der Waals surface area contributed by atoms with Crippen LogP contribution in [0.25, 0.3) is 0 Å². The topological polar surface area (TPSA) is 12.0 Å². The van der Waals surface area contributed by atoms with Gasteiger partial charge in [0.15, 0.2) is 0 Å². The molecule has 0 spiro atoms. The molecule has 0 radical (unpaired) electrons. The van der Waals surface area contributed by atoms with Crippen molar-refractivity contribution >= 4 is 0 Å². The van der Waals surface area contributed by atoms with Gasteiger partial charge in [-0.05, 0) is 20.4 Å². The molecule has 0 aliphatic heterocycles. The highest BCUT2D eigenvalue weighted by Crippen LogP contribution is 2.16. The van der Waals surface area contributed by atoms with Crippen LogP contribution in [0, 0.1) is 0 Å². The molecule has 7 heavy (non-hydrogen) atoms. The Bertz CT molecular complexity index is 94.4. The molecule has 1 aliphatic rings. The SMILES string of the molecule is CNC1C=C(C)C1. The quantitative estimate of drug-likeness (QED) is 0.480. The van der Waals surface area contributed by atoms with Gasteiger partial charge in [-0.1, -0.05) is 11.6 Å². The van der Waals surface area contributed by atoms with Crippen LogP contribution in [0.5, 0.6) is 0 Å². The first-order chi connectivity index (χ1) is 3.33. The summed E-state index contributed by atoms with van der Waals surface area (Å²) in [5.74, 6) is 0. The predicted octanol–water partition coefficient (Wildman–Crippen LogP) is 0.924. The summed E-state index contributed by atoms with van der Waals surface area (Å²) >= 11 is 0. The molecular weight excluding hydrogens is 86.1 g/mol. The molecule has 0 saturated carbocycles. The number of rotatable bonds is 1. The van der Waals surface area contributed by atoms with Gasteiger partial charge in [0.25, 0.3) is 0 Å². The number of hydrogen-bond donors (Lipinski definition) is 1. The van der Waals surface area contributed by atoms with Crippen LogP contribution in [-0.2, 0) is 0 Å². The van der Waals surface area contributed by atoms with Crippen LogP contribution in [0.3, 0.4) is 0 Å². The summed E-state index contributed by atoms with van der Waals surface area (Å²) < 4.78 is 0. The van der Waals surface area contributed by atoms with Gasteiger partial charge < -0.3 is 5.32 Å². The summed E-state index contributed by atoms with van der Waals surface area (Å²) in [6.07, 6.45) is 3.50. The minimum absolute atomic E-state index is 0.681. The molecule has 0 bridgehead atoms. The fourth-order valence-electron chi connectivity index (χ4n) is 0.842. The summed E-state index contributed by atoms with van der Waals surface area (Å²) in [6.45, 7) is 2.16. The minimum Gasteiger partial charge on any atom is -0.313 e. The second-order valence-corrected chi connectivity index (χ2v) is 2.11. The van der Waals surface area contributed by atoms with Crippen molar-refractivity contribution in [3.63, 3.8) is 0 Å². The van der Waals surface area contributed by atoms with Gasteiger partial charge in [0.05, 0.1) is 0 Å². The van der Waals surface area contributed by atoms with E-state index in [1.54, 1.807) is 0 Å². The van der Waals surface area contributed by atoms with Crippen molar-refractivity contribution in [2.75, 3.05) is 7.05 Å². The summed E-state index contributed by atoms with van der Waals surface area (Å²) in [6, 6.07) is 0.681. The Kier molecular flexibility index (Phi) is 1.15. The van der Waals surface area contributed by atoms with Gasteiger partial charge in [-0.15, -0.1) is 0 Å². The van der Waals surface area contributed by atoms with Crippen molar-refractivity contribution < 1.29 is 0 Å². The van der Waals surface area contributed by atoms with Gasteiger partial charge in [-0.25, -0.2) is 0 Å². The summed E-state index contributed by atoms with van der Waals surface area (Å²) in [4.78, 5) is 0. The van der Waals surface area contributed by atoms with Crippen LogP contribution in [-0.4, -0.2) is 13.1 Å². The van der Waals surface area contributed by atoms with E-state index in [1.165, 1.54) is 12.0 Å². The van der Waals surface area contributed by atoms with E-state index in [-0.39, 0.29) is 0 Å². The van der Waals surface area contributed by atoms with Crippen LogP contribution in [0.2, 0.25) is 0 Å². The third-order valence-corrected chi connectivity index (χ3v) is 1.40. The number of nitrogens with one attached hydrogen (secondary N) is 1. The Morgan fingerprint density at radius 1 is 1.86 bits per heavy atom. The van der Waals surface area contributed by atoms with E-state index < -0.39 is 0 Å². The van der Waals surface area contributed by atoms with Crippen molar-refractivity contribution in [3.05, 3.63) is 11.6 Å². The second kappa shape index (κ2) is 1.66. The normalized spacial score (nSPS) is 28.9. The van der Waals surface area contributed by atoms with Gasteiger partial charge >= 0.3 is 0 Å². The Morgan fingerprint density at radius 3 is 2.57 bits per heavy atom. The lowest BCUT2D eigenvalue weighted by atomic mass is 9.95. The molecule has 40 valence electrons. The molecule has 1 nitrogen and oxygen atoms in total. The molecule has 0 aromatic carbocycles. The smallest absolute Gasteiger partial charge is 0.0286 e. The van der Waals surface area contributed by atoms with Crippen molar-refractivity contribution in [2.45, 2.75) is 19.4 Å². The molecule has 0 heterocycles. The van der Waals surface area contributed by atoms with E-state index in [1.807, 2.05) is 7.05 Å². The summed E-state index contributed by atoms with van der Waals surface area (Å²) in [5.41, 5.74) is 1.51. The first kappa shape index (κ1) is 4.85. The third-order valence-electron chi connectivity index (χ3n) is 1.40. The molecule has 0 aromatic heterocycles. The van der Waals surface area contributed by atoms with Crippen molar-refractivity contribution in [1.29, 1.82) is 0 Å². The van der Waals surface area contributed by atoms with Gasteiger partial charge in [-0.3, -0.25) is 0 Å². The molecular formula is C6H11N. The van der Waals surface area contributed by atoms with E-state index in [4.69, 9.17) is 0 Å². The monoisotopic (exact) mass is 97.1 g/mol. The number of likely N-dealkylation sites (N-methyl/N-ethyl adjacent to an activating group) is 1.